The lowest BCUT2D eigenvalue weighted by Gasteiger charge is -2.21. The molecule has 1 aliphatic rings. The van der Waals surface area contributed by atoms with Gasteiger partial charge in [0.05, 0.1) is 28.2 Å². The molecule has 0 fully saturated rings. The second kappa shape index (κ2) is 8.11. The Morgan fingerprint density at radius 3 is 2.30 bits per heavy atom. The summed E-state index contributed by atoms with van der Waals surface area (Å²) in [4.78, 5) is 15.1. The Morgan fingerprint density at radius 1 is 1.15 bits per heavy atom. The van der Waals surface area contributed by atoms with E-state index in [2.05, 4.69) is 4.98 Å². The molecule has 182 valence electrons. The van der Waals surface area contributed by atoms with Gasteiger partial charge in [-0.3, -0.25) is 9.69 Å². The van der Waals surface area contributed by atoms with E-state index in [0.29, 0.717) is 13.0 Å². The molecular formula is C18H15F7N2O4S2. The highest BCUT2D eigenvalue weighted by molar-refractivity contribution is 7.91. The minimum absolute atomic E-state index is 0.0510. The second-order valence-electron chi connectivity index (χ2n) is 7.18. The van der Waals surface area contributed by atoms with Crippen molar-refractivity contribution in [2.45, 2.75) is 43.3 Å². The molecular weight excluding hydrogens is 505 g/mol. The van der Waals surface area contributed by atoms with Gasteiger partial charge in [0, 0.05) is 13.0 Å². The number of aromatic nitrogens is 1. The number of pyridine rings is 1. The minimum Gasteiger partial charge on any atom is -0.486 e. The van der Waals surface area contributed by atoms with E-state index in [1.54, 1.807) is 0 Å². The van der Waals surface area contributed by atoms with Gasteiger partial charge in [-0.05, 0) is 11.6 Å². The molecule has 33 heavy (non-hydrogen) atoms. The second-order valence-corrected chi connectivity index (χ2v) is 10.5. The van der Waals surface area contributed by atoms with E-state index in [-0.39, 0.29) is 22.6 Å². The van der Waals surface area contributed by atoms with E-state index in [0.717, 1.165) is 17.2 Å². The van der Waals surface area contributed by atoms with Crippen molar-refractivity contribution in [3.05, 3.63) is 33.6 Å². The number of fused-ring (bicyclic) bond motifs is 1. The third kappa shape index (κ3) is 4.78. The summed E-state index contributed by atoms with van der Waals surface area (Å²) in [5.41, 5.74) is -0.156. The first kappa shape index (κ1) is 25.2. The first-order chi connectivity index (χ1) is 15.0. The number of alkyl halides is 7. The number of ether oxygens (including phenoxy) is 1. The van der Waals surface area contributed by atoms with Gasteiger partial charge in [-0.15, -0.1) is 11.3 Å². The molecule has 0 atom stereocenters. The van der Waals surface area contributed by atoms with Crippen LogP contribution in [-0.4, -0.2) is 43.8 Å². The molecule has 3 heterocycles. The SMILES string of the molecule is CCS(=O)(=O)c1cc(OCC(C)(F)F)cnc1N1Cc2cc(C(F)(F)C(F)(F)F)sc2C1=O. The van der Waals surface area contributed by atoms with Crippen molar-refractivity contribution in [3.8, 4) is 5.75 Å². The van der Waals surface area contributed by atoms with Crippen molar-refractivity contribution in [2.24, 2.45) is 0 Å². The Morgan fingerprint density at radius 2 is 1.79 bits per heavy atom. The summed E-state index contributed by atoms with van der Waals surface area (Å²) in [5.74, 6) is -10.6. The molecule has 0 bridgehead atoms. The van der Waals surface area contributed by atoms with Gasteiger partial charge >= 0.3 is 12.1 Å². The lowest BCUT2D eigenvalue weighted by molar-refractivity contribution is -0.287. The van der Waals surface area contributed by atoms with E-state index in [4.69, 9.17) is 4.74 Å². The smallest absolute Gasteiger partial charge is 0.458 e. The number of carbonyl (C=O) groups excluding carboxylic acids is 1. The van der Waals surface area contributed by atoms with Crippen molar-refractivity contribution in [3.63, 3.8) is 0 Å². The van der Waals surface area contributed by atoms with Crippen LogP contribution in [0.25, 0.3) is 0 Å². The summed E-state index contributed by atoms with van der Waals surface area (Å²) in [7, 11) is -4.08. The van der Waals surface area contributed by atoms with E-state index in [9.17, 15) is 43.9 Å². The molecule has 1 amide bonds. The number of thiophene rings is 1. The molecule has 0 radical (unpaired) electrons. The predicted molar refractivity (Wildman–Crippen MR) is 103 cm³/mol. The molecule has 2 aromatic heterocycles. The first-order valence-electron chi connectivity index (χ1n) is 9.11. The summed E-state index contributed by atoms with van der Waals surface area (Å²) in [6, 6.07) is 1.44. The number of carbonyl (C=O) groups is 1. The molecule has 0 saturated carbocycles. The molecule has 0 unspecified atom stereocenters. The maximum Gasteiger partial charge on any atom is 0.458 e. The van der Waals surface area contributed by atoms with Crippen molar-refractivity contribution in [1.82, 2.24) is 4.98 Å². The summed E-state index contributed by atoms with van der Waals surface area (Å²) in [5, 5.41) is 0. The number of anilines is 1. The van der Waals surface area contributed by atoms with Crippen LogP contribution in [0.15, 0.2) is 23.2 Å². The minimum atomic E-state index is -5.86. The van der Waals surface area contributed by atoms with Crippen LogP contribution in [0.4, 0.5) is 36.6 Å². The standard InChI is InChI=1S/C18H15F7N2O4S2/c1-3-33(29,30)11-5-10(31-8-16(2,19)20)6-26-14(11)27-7-9-4-12(32-13(9)15(27)28)17(21,22)18(23,24)25/h4-6H,3,7-8H2,1-2H3. The van der Waals surface area contributed by atoms with E-state index in [1.807, 2.05) is 0 Å². The van der Waals surface area contributed by atoms with Gasteiger partial charge in [0.2, 0.25) is 0 Å². The monoisotopic (exact) mass is 520 g/mol. The Bertz CT molecular complexity index is 1190. The van der Waals surface area contributed by atoms with E-state index < -0.39 is 73.1 Å². The predicted octanol–water partition coefficient (Wildman–Crippen LogP) is 4.79. The molecule has 0 aliphatic carbocycles. The average Bonchev–Trinajstić information content (AvgIpc) is 3.25. The van der Waals surface area contributed by atoms with Crippen LogP contribution in [0.1, 0.15) is 34.0 Å². The number of nitrogens with zero attached hydrogens (tertiary/aromatic N) is 2. The highest BCUT2D eigenvalue weighted by Gasteiger charge is 2.60. The van der Waals surface area contributed by atoms with E-state index >= 15 is 0 Å². The topological polar surface area (TPSA) is 76.6 Å². The van der Waals surface area contributed by atoms with Gasteiger partial charge in [0.25, 0.3) is 11.8 Å². The lowest BCUT2D eigenvalue weighted by atomic mass is 10.2. The summed E-state index contributed by atoms with van der Waals surface area (Å²) < 4.78 is 121. The third-order valence-electron chi connectivity index (χ3n) is 4.51. The van der Waals surface area contributed by atoms with Gasteiger partial charge in [-0.1, -0.05) is 6.92 Å². The van der Waals surface area contributed by atoms with Crippen molar-refractivity contribution >= 4 is 32.9 Å². The zero-order valence-corrected chi connectivity index (χ0v) is 18.5. The molecule has 0 N–H and O–H groups in total. The highest BCUT2D eigenvalue weighted by Crippen LogP contribution is 2.48. The zero-order chi connectivity index (χ0) is 25.0. The number of sulfone groups is 1. The van der Waals surface area contributed by atoms with Crippen LogP contribution in [0, 0.1) is 0 Å². The lowest BCUT2D eigenvalue weighted by Crippen LogP contribution is -2.33. The molecule has 1 aliphatic heterocycles. The van der Waals surface area contributed by atoms with Crippen LogP contribution in [0.3, 0.4) is 0 Å². The number of rotatable bonds is 7. The highest BCUT2D eigenvalue weighted by atomic mass is 32.2. The fourth-order valence-electron chi connectivity index (χ4n) is 2.85. The Balaban J connectivity index is 1.99. The Hall–Kier alpha value is -2.42. The fraction of sp³-hybridized carbons (Fsp3) is 0.444. The maximum absolute atomic E-state index is 13.6. The van der Waals surface area contributed by atoms with E-state index in [1.165, 1.54) is 6.92 Å². The van der Waals surface area contributed by atoms with Crippen LogP contribution < -0.4 is 9.64 Å². The number of amides is 1. The largest absolute Gasteiger partial charge is 0.486 e. The summed E-state index contributed by atoms with van der Waals surface area (Å²) in [6.45, 7) is 0.276. The molecule has 2 aromatic rings. The molecule has 3 rings (SSSR count). The van der Waals surface area contributed by atoms with Gasteiger partial charge < -0.3 is 4.74 Å². The quantitative estimate of drug-likeness (QED) is 0.491. The molecule has 15 heteroatoms. The van der Waals surface area contributed by atoms with Crippen LogP contribution >= 0.6 is 11.3 Å². The van der Waals surface area contributed by atoms with Gasteiger partial charge in [-0.25, -0.2) is 22.2 Å². The Labute approximate surface area is 186 Å². The van der Waals surface area contributed by atoms with Gasteiger partial charge in [-0.2, -0.15) is 22.0 Å². The average molecular weight is 520 g/mol. The van der Waals surface area contributed by atoms with Crippen molar-refractivity contribution < 1.29 is 48.7 Å². The molecule has 0 saturated heterocycles. The third-order valence-corrected chi connectivity index (χ3v) is 7.48. The van der Waals surface area contributed by atoms with Crippen LogP contribution in [-0.2, 0) is 22.3 Å². The normalized spacial score (nSPS) is 15.2. The summed E-state index contributed by atoms with van der Waals surface area (Å²) >= 11 is -0.0510. The van der Waals surface area contributed by atoms with Crippen LogP contribution in [0.2, 0.25) is 0 Å². The summed E-state index contributed by atoms with van der Waals surface area (Å²) in [6.07, 6.45) is -4.96. The van der Waals surface area contributed by atoms with Crippen molar-refractivity contribution in [2.75, 3.05) is 17.3 Å². The number of halogens is 7. The van der Waals surface area contributed by atoms with Gasteiger partial charge in [0.15, 0.2) is 22.3 Å². The zero-order valence-electron chi connectivity index (χ0n) is 16.8. The van der Waals surface area contributed by atoms with Gasteiger partial charge in [0.1, 0.15) is 10.6 Å². The number of hydrogen-bond acceptors (Lipinski definition) is 6. The first-order valence-corrected chi connectivity index (χ1v) is 11.6. The maximum atomic E-state index is 13.6. The molecule has 6 nitrogen and oxygen atoms in total. The molecule has 0 spiro atoms. The fourth-order valence-corrected chi connectivity index (χ4v) is 5.02. The van der Waals surface area contributed by atoms with Crippen LogP contribution in [0.5, 0.6) is 5.75 Å². The van der Waals surface area contributed by atoms with Crippen molar-refractivity contribution in [1.29, 1.82) is 0 Å². The Kier molecular flexibility index (Phi) is 6.20. The number of hydrogen-bond donors (Lipinski definition) is 0. The molecule has 0 aromatic carbocycles.